The van der Waals surface area contributed by atoms with Crippen LogP contribution in [0.2, 0.25) is 0 Å². The lowest BCUT2D eigenvalue weighted by molar-refractivity contribution is 0.0635. The predicted octanol–water partition coefficient (Wildman–Crippen LogP) is 3.37. The molecule has 1 aromatic rings. The summed E-state index contributed by atoms with van der Waals surface area (Å²) < 4.78 is 10.6. The molecule has 0 aromatic heterocycles. The van der Waals surface area contributed by atoms with Gasteiger partial charge in [0, 0.05) is 7.11 Å². The Balaban J connectivity index is 2.05. The monoisotopic (exact) mass is 220 g/mol. The second-order valence-corrected chi connectivity index (χ2v) is 4.49. The molecule has 0 N–H and O–H groups in total. The average Bonchev–Trinajstić information content (AvgIpc) is 2.39. The van der Waals surface area contributed by atoms with E-state index in [9.17, 15) is 0 Å². The Hall–Kier alpha value is -1.02. The van der Waals surface area contributed by atoms with E-state index in [-0.39, 0.29) is 0 Å². The van der Waals surface area contributed by atoms with E-state index < -0.39 is 0 Å². The Kier molecular flexibility index (Phi) is 3.83. The molecule has 0 radical (unpaired) electrons. The third-order valence-electron chi connectivity index (χ3n) is 3.55. The summed E-state index contributed by atoms with van der Waals surface area (Å²) in [4.78, 5) is 0. The Bertz CT molecular complexity index is 318. The van der Waals surface area contributed by atoms with E-state index in [4.69, 9.17) is 9.47 Å². The molecule has 1 aliphatic carbocycles. The molecule has 0 spiro atoms. The van der Waals surface area contributed by atoms with Crippen LogP contribution < -0.4 is 4.74 Å². The van der Waals surface area contributed by atoms with E-state index in [2.05, 4.69) is 12.1 Å². The second-order valence-electron chi connectivity index (χ2n) is 4.49. The zero-order chi connectivity index (χ0) is 11.4. The summed E-state index contributed by atoms with van der Waals surface area (Å²) in [5.41, 5.74) is 1.42. The normalized spacial score (nSPS) is 25.4. The summed E-state index contributed by atoms with van der Waals surface area (Å²) in [6, 6.07) is 8.46. The van der Waals surface area contributed by atoms with E-state index in [0.29, 0.717) is 12.0 Å². The lowest BCUT2D eigenvalue weighted by Gasteiger charge is -2.28. The van der Waals surface area contributed by atoms with Crippen molar-refractivity contribution in [1.82, 2.24) is 0 Å². The largest absolute Gasteiger partial charge is 0.497 e. The predicted molar refractivity (Wildman–Crippen MR) is 65.0 cm³/mol. The van der Waals surface area contributed by atoms with Crippen LogP contribution in [0.5, 0.6) is 5.75 Å². The van der Waals surface area contributed by atoms with Gasteiger partial charge in [0.1, 0.15) is 5.75 Å². The Morgan fingerprint density at radius 3 is 2.44 bits per heavy atom. The number of ether oxygens (including phenoxy) is 2. The second kappa shape index (κ2) is 5.35. The highest BCUT2D eigenvalue weighted by Gasteiger charge is 2.22. The van der Waals surface area contributed by atoms with Gasteiger partial charge in [-0.15, -0.1) is 0 Å². The van der Waals surface area contributed by atoms with Crippen molar-refractivity contribution >= 4 is 0 Å². The van der Waals surface area contributed by atoms with Gasteiger partial charge in [-0.25, -0.2) is 0 Å². The van der Waals surface area contributed by atoms with Crippen LogP contribution in [-0.4, -0.2) is 20.3 Å². The molecule has 0 aliphatic heterocycles. The zero-order valence-electron chi connectivity index (χ0n) is 10.1. The first-order valence-electron chi connectivity index (χ1n) is 6.00. The summed E-state index contributed by atoms with van der Waals surface area (Å²) in [5, 5.41) is 0. The topological polar surface area (TPSA) is 18.5 Å². The Morgan fingerprint density at radius 2 is 1.81 bits per heavy atom. The molecule has 2 heteroatoms. The maximum absolute atomic E-state index is 5.46. The highest BCUT2D eigenvalue weighted by molar-refractivity contribution is 5.29. The van der Waals surface area contributed by atoms with Gasteiger partial charge in [0.05, 0.1) is 13.2 Å². The van der Waals surface area contributed by atoms with Crippen LogP contribution in [0.4, 0.5) is 0 Å². The molecule has 1 saturated carbocycles. The van der Waals surface area contributed by atoms with Crippen LogP contribution in [0.15, 0.2) is 24.3 Å². The first-order valence-corrected chi connectivity index (χ1v) is 6.00. The third kappa shape index (κ3) is 2.56. The van der Waals surface area contributed by atoms with Crippen molar-refractivity contribution < 1.29 is 9.47 Å². The minimum atomic E-state index is 0.445. The Morgan fingerprint density at radius 1 is 1.06 bits per heavy atom. The van der Waals surface area contributed by atoms with Gasteiger partial charge in [-0.1, -0.05) is 18.6 Å². The van der Waals surface area contributed by atoms with Gasteiger partial charge in [-0.2, -0.15) is 0 Å². The van der Waals surface area contributed by atoms with Crippen LogP contribution in [0.3, 0.4) is 0 Å². The fourth-order valence-electron chi connectivity index (χ4n) is 2.54. The molecule has 1 fully saturated rings. The number of hydrogen-bond acceptors (Lipinski definition) is 2. The molecule has 0 heterocycles. The third-order valence-corrected chi connectivity index (χ3v) is 3.55. The zero-order valence-corrected chi connectivity index (χ0v) is 10.1. The van der Waals surface area contributed by atoms with Crippen molar-refractivity contribution in [2.24, 2.45) is 0 Å². The van der Waals surface area contributed by atoms with Crippen LogP contribution in [0.25, 0.3) is 0 Å². The molecule has 0 bridgehead atoms. The Labute approximate surface area is 97.6 Å². The smallest absolute Gasteiger partial charge is 0.118 e. The lowest BCUT2D eigenvalue weighted by Crippen LogP contribution is -2.20. The van der Waals surface area contributed by atoms with Crippen molar-refractivity contribution in [3.8, 4) is 5.75 Å². The van der Waals surface area contributed by atoms with Crippen molar-refractivity contribution in [2.45, 2.75) is 37.7 Å². The van der Waals surface area contributed by atoms with Gasteiger partial charge in [-0.05, 0) is 42.9 Å². The summed E-state index contributed by atoms with van der Waals surface area (Å²) in [6.45, 7) is 0. The van der Waals surface area contributed by atoms with Crippen LogP contribution in [0.1, 0.15) is 37.2 Å². The standard InChI is InChI=1S/C14H20O2/c1-15-13-8-6-11(7-9-13)12-4-3-5-14(10-12)16-2/h6-9,12,14H,3-5,10H2,1-2H3. The highest BCUT2D eigenvalue weighted by atomic mass is 16.5. The van der Waals surface area contributed by atoms with Gasteiger partial charge in [0.2, 0.25) is 0 Å². The molecule has 1 aliphatic rings. The van der Waals surface area contributed by atoms with Crippen molar-refractivity contribution in [1.29, 1.82) is 0 Å². The molecule has 2 unspecified atom stereocenters. The quantitative estimate of drug-likeness (QED) is 0.777. The van der Waals surface area contributed by atoms with Gasteiger partial charge in [0.25, 0.3) is 0 Å². The fourth-order valence-corrected chi connectivity index (χ4v) is 2.54. The summed E-state index contributed by atoms with van der Waals surface area (Å²) in [7, 11) is 3.53. The van der Waals surface area contributed by atoms with Crippen molar-refractivity contribution in [3.63, 3.8) is 0 Å². The number of methoxy groups -OCH3 is 2. The van der Waals surface area contributed by atoms with Gasteiger partial charge < -0.3 is 9.47 Å². The molecule has 2 rings (SSSR count). The molecule has 0 saturated heterocycles. The summed E-state index contributed by atoms with van der Waals surface area (Å²) in [6.07, 6.45) is 5.37. The minimum absolute atomic E-state index is 0.445. The molecule has 0 amide bonds. The van der Waals surface area contributed by atoms with E-state index in [1.54, 1.807) is 7.11 Å². The molecule has 16 heavy (non-hydrogen) atoms. The molecule has 88 valence electrons. The maximum atomic E-state index is 5.46. The maximum Gasteiger partial charge on any atom is 0.118 e. The van der Waals surface area contributed by atoms with Crippen LogP contribution in [0, 0.1) is 0 Å². The van der Waals surface area contributed by atoms with Gasteiger partial charge in [-0.3, -0.25) is 0 Å². The number of rotatable bonds is 3. The van der Waals surface area contributed by atoms with E-state index in [1.165, 1.54) is 24.8 Å². The summed E-state index contributed by atoms with van der Waals surface area (Å²) in [5.74, 6) is 1.59. The minimum Gasteiger partial charge on any atom is -0.497 e. The van der Waals surface area contributed by atoms with E-state index in [0.717, 1.165) is 12.2 Å². The summed E-state index contributed by atoms with van der Waals surface area (Å²) >= 11 is 0. The number of benzene rings is 1. The molecule has 1 aromatic carbocycles. The van der Waals surface area contributed by atoms with Crippen molar-refractivity contribution in [2.75, 3.05) is 14.2 Å². The van der Waals surface area contributed by atoms with Crippen LogP contribution in [-0.2, 0) is 4.74 Å². The van der Waals surface area contributed by atoms with Gasteiger partial charge >= 0.3 is 0 Å². The highest BCUT2D eigenvalue weighted by Crippen LogP contribution is 2.34. The van der Waals surface area contributed by atoms with Crippen LogP contribution >= 0.6 is 0 Å². The fraction of sp³-hybridized carbons (Fsp3) is 0.571. The lowest BCUT2D eigenvalue weighted by atomic mass is 9.82. The van der Waals surface area contributed by atoms with E-state index in [1.807, 2.05) is 19.2 Å². The number of hydrogen-bond donors (Lipinski definition) is 0. The molecule has 2 nitrogen and oxygen atoms in total. The molecule has 2 atom stereocenters. The molecular weight excluding hydrogens is 200 g/mol. The molecular formula is C14H20O2. The van der Waals surface area contributed by atoms with Gasteiger partial charge in [0.15, 0.2) is 0 Å². The first-order chi connectivity index (χ1) is 7.83. The average molecular weight is 220 g/mol. The SMILES string of the molecule is COc1ccc(C2CCCC(OC)C2)cc1. The first kappa shape index (κ1) is 11.5. The van der Waals surface area contributed by atoms with Crippen molar-refractivity contribution in [3.05, 3.63) is 29.8 Å². The van der Waals surface area contributed by atoms with E-state index >= 15 is 0 Å².